The number of aliphatic carboxylic acids is 1. The third kappa shape index (κ3) is 6.41. The average molecular weight is 479 g/mol. The number of benzene rings is 2. The third-order valence-corrected chi connectivity index (χ3v) is 7.06. The molecule has 4 rings (SSSR count). The minimum absolute atomic E-state index is 0.00750. The maximum Gasteiger partial charge on any atom is 0.407 e. The summed E-state index contributed by atoms with van der Waals surface area (Å²) < 4.78 is 5.60. The number of hydrogen-bond donors (Lipinski definition) is 3. The van der Waals surface area contributed by atoms with Crippen LogP contribution in [0.15, 0.2) is 48.5 Å². The summed E-state index contributed by atoms with van der Waals surface area (Å²) >= 11 is 0. The molecule has 0 radical (unpaired) electrons. The Morgan fingerprint density at radius 1 is 1.00 bits per heavy atom. The van der Waals surface area contributed by atoms with Crippen LogP contribution in [0.3, 0.4) is 0 Å². The first-order chi connectivity index (χ1) is 16.9. The number of amides is 2. The molecular weight excluding hydrogens is 444 g/mol. The lowest BCUT2D eigenvalue weighted by molar-refractivity contribution is -0.141. The molecule has 0 aliphatic heterocycles. The van der Waals surface area contributed by atoms with Crippen LogP contribution in [0.4, 0.5) is 4.79 Å². The molecule has 35 heavy (non-hydrogen) atoms. The number of fused-ring (bicyclic) bond motifs is 3. The first-order valence-electron chi connectivity index (χ1n) is 12.5. The Hall–Kier alpha value is -3.35. The zero-order valence-corrected chi connectivity index (χ0v) is 20.2. The lowest BCUT2D eigenvalue weighted by atomic mass is 9.98. The number of nitrogens with one attached hydrogen (secondary N) is 2. The number of carbonyl (C=O) groups excluding carboxylic acids is 2. The van der Waals surface area contributed by atoms with E-state index in [0.29, 0.717) is 25.3 Å². The van der Waals surface area contributed by atoms with Crippen molar-refractivity contribution in [1.29, 1.82) is 0 Å². The molecule has 1 saturated carbocycles. The van der Waals surface area contributed by atoms with E-state index in [1.807, 2.05) is 24.3 Å². The predicted molar refractivity (Wildman–Crippen MR) is 133 cm³/mol. The number of hydrogen-bond acceptors (Lipinski definition) is 4. The highest BCUT2D eigenvalue weighted by Crippen LogP contribution is 2.44. The summed E-state index contributed by atoms with van der Waals surface area (Å²) in [5.41, 5.74) is 4.67. The van der Waals surface area contributed by atoms with E-state index in [0.717, 1.165) is 30.4 Å². The molecule has 2 aromatic rings. The minimum Gasteiger partial charge on any atom is -0.481 e. The van der Waals surface area contributed by atoms with E-state index in [-0.39, 0.29) is 30.9 Å². The Bertz CT molecular complexity index is 1020. The smallest absolute Gasteiger partial charge is 0.407 e. The van der Waals surface area contributed by atoms with E-state index in [1.165, 1.54) is 11.1 Å². The molecule has 2 aliphatic carbocycles. The van der Waals surface area contributed by atoms with Gasteiger partial charge in [-0.2, -0.15) is 0 Å². The summed E-state index contributed by atoms with van der Waals surface area (Å²) in [6, 6.07) is 16.4. The van der Waals surface area contributed by atoms with E-state index >= 15 is 0 Å². The molecule has 3 N–H and O–H groups in total. The molecule has 2 atom stereocenters. The predicted octanol–water partition coefficient (Wildman–Crippen LogP) is 4.56. The van der Waals surface area contributed by atoms with Crippen molar-refractivity contribution in [2.45, 2.75) is 44.9 Å². The van der Waals surface area contributed by atoms with Gasteiger partial charge in [-0.05, 0) is 47.4 Å². The minimum atomic E-state index is -0.824. The number of carbonyl (C=O) groups is 3. The van der Waals surface area contributed by atoms with E-state index in [9.17, 15) is 14.4 Å². The molecule has 0 heterocycles. The van der Waals surface area contributed by atoms with Crippen molar-refractivity contribution < 1.29 is 24.2 Å². The van der Waals surface area contributed by atoms with Crippen molar-refractivity contribution >= 4 is 18.0 Å². The molecule has 7 nitrogen and oxygen atoms in total. The first kappa shape index (κ1) is 24.8. The van der Waals surface area contributed by atoms with Crippen LogP contribution in [0.1, 0.15) is 56.1 Å². The highest BCUT2D eigenvalue weighted by Gasteiger charge is 2.31. The Balaban J connectivity index is 1.26. The van der Waals surface area contributed by atoms with Crippen molar-refractivity contribution in [3.63, 3.8) is 0 Å². The lowest BCUT2D eigenvalue weighted by Crippen LogP contribution is -2.40. The van der Waals surface area contributed by atoms with Crippen LogP contribution in [0, 0.1) is 17.8 Å². The molecule has 2 unspecified atom stereocenters. The molecule has 2 aromatic carbocycles. The fourth-order valence-corrected chi connectivity index (χ4v) is 4.78. The topological polar surface area (TPSA) is 105 Å². The Kier molecular flexibility index (Phi) is 8.06. The summed E-state index contributed by atoms with van der Waals surface area (Å²) in [5.74, 6) is -1.15. The molecule has 0 bridgehead atoms. The first-order valence-corrected chi connectivity index (χ1v) is 12.5. The summed E-state index contributed by atoms with van der Waals surface area (Å²) in [6.45, 7) is 2.56. The van der Waals surface area contributed by atoms with Crippen LogP contribution in [-0.4, -0.2) is 42.8 Å². The van der Waals surface area contributed by atoms with Crippen LogP contribution in [-0.2, 0) is 14.3 Å². The van der Waals surface area contributed by atoms with E-state index in [2.05, 4.69) is 34.9 Å². The van der Waals surface area contributed by atoms with Crippen LogP contribution >= 0.6 is 0 Å². The van der Waals surface area contributed by atoms with Crippen molar-refractivity contribution in [3.05, 3.63) is 59.7 Å². The monoisotopic (exact) mass is 478 g/mol. The van der Waals surface area contributed by atoms with Crippen molar-refractivity contribution in [2.24, 2.45) is 17.8 Å². The maximum absolute atomic E-state index is 12.7. The highest BCUT2D eigenvalue weighted by atomic mass is 16.5. The quantitative estimate of drug-likeness (QED) is 0.388. The fraction of sp³-hybridized carbons (Fsp3) is 0.464. The fourth-order valence-electron chi connectivity index (χ4n) is 4.78. The van der Waals surface area contributed by atoms with Crippen molar-refractivity contribution in [3.8, 4) is 11.1 Å². The van der Waals surface area contributed by atoms with Gasteiger partial charge in [-0.15, -0.1) is 0 Å². The van der Waals surface area contributed by atoms with Gasteiger partial charge in [0.15, 0.2) is 0 Å². The summed E-state index contributed by atoms with van der Waals surface area (Å²) in [5, 5.41) is 14.7. The number of carboxylic acids is 1. The van der Waals surface area contributed by atoms with Crippen molar-refractivity contribution in [1.82, 2.24) is 10.6 Å². The molecule has 186 valence electrons. The van der Waals surface area contributed by atoms with Gasteiger partial charge >= 0.3 is 12.1 Å². The van der Waals surface area contributed by atoms with Crippen LogP contribution in [0.5, 0.6) is 0 Å². The molecule has 0 aromatic heterocycles. The second kappa shape index (κ2) is 11.4. The zero-order valence-electron chi connectivity index (χ0n) is 20.2. The highest BCUT2D eigenvalue weighted by molar-refractivity contribution is 5.80. The molecular formula is C28H34N2O5. The molecule has 2 amide bonds. The number of alkyl carbamates (subject to hydrolysis) is 1. The van der Waals surface area contributed by atoms with Gasteiger partial charge in [-0.25, -0.2) is 4.79 Å². The summed E-state index contributed by atoms with van der Waals surface area (Å²) in [7, 11) is 0. The van der Waals surface area contributed by atoms with Crippen LogP contribution in [0.25, 0.3) is 11.1 Å². The van der Waals surface area contributed by atoms with Gasteiger partial charge in [-0.3, -0.25) is 9.59 Å². The Morgan fingerprint density at radius 3 is 2.23 bits per heavy atom. The summed E-state index contributed by atoms with van der Waals surface area (Å²) in [4.78, 5) is 36.2. The van der Waals surface area contributed by atoms with Gasteiger partial charge < -0.3 is 20.5 Å². The average Bonchev–Trinajstić information content (AvgIpc) is 3.63. The number of carboxylic acid groups (broad SMARTS) is 1. The SMILES string of the molecule is CC(CCCNC(=O)C(CNC(=O)OCC1c2ccccc2-c2ccccc21)CC1CC1)C(=O)O. The molecule has 2 aliphatic rings. The summed E-state index contributed by atoms with van der Waals surface area (Å²) in [6.07, 6.45) is 3.57. The largest absolute Gasteiger partial charge is 0.481 e. The van der Waals surface area contributed by atoms with Crippen molar-refractivity contribution in [2.75, 3.05) is 19.7 Å². The van der Waals surface area contributed by atoms with Gasteiger partial charge in [0, 0.05) is 19.0 Å². The van der Waals surface area contributed by atoms with E-state index in [1.54, 1.807) is 6.92 Å². The van der Waals surface area contributed by atoms with Gasteiger partial charge in [0.05, 0.1) is 11.8 Å². The standard InChI is InChI=1S/C28H34N2O5/c1-18(27(32)33)7-6-14-29-26(31)20(15-19-12-13-19)16-30-28(34)35-17-25-23-10-4-2-8-21(23)22-9-3-5-11-24(22)25/h2-5,8-11,18-20,25H,6-7,12-17H2,1H3,(H,29,31)(H,30,34)(H,32,33). The molecule has 7 heteroatoms. The lowest BCUT2D eigenvalue weighted by Gasteiger charge is -2.18. The Morgan fingerprint density at radius 2 is 1.63 bits per heavy atom. The second-order valence-corrected chi connectivity index (χ2v) is 9.75. The van der Waals surface area contributed by atoms with Gasteiger partial charge in [-0.1, -0.05) is 68.3 Å². The van der Waals surface area contributed by atoms with Crippen LogP contribution < -0.4 is 10.6 Å². The number of ether oxygens (including phenoxy) is 1. The van der Waals surface area contributed by atoms with Gasteiger partial charge in [0.2, 0.25) is 5.91 Å². The van der Waals surface area contributed by atoms with Gasteiger partial charge in [0.1, 0.15) is 6.61 Å². The molecule has 1 fully saturated rings. The Labute approximate surface area is 206 Å². The van der Waals surface area contributed by atoms with Gasteiger partial charge in [0.25, 0.3) is 0 Å². The van der Waals surface area contributed by atoms with E-state index in [4.69, 9.17) is 9.84 Å². The normalized spacial score (nSPS) is 16.0. The number of rotatable bonds is 12. The molecule has 0 saturated heterocycles. The van der Waals surface area contributed by atoms with Crippen LogP contribution in [0.2, 0.25) is 0 Å². The third-order valence-electron chi connectivity index (χ3n) is 7.06. The maximum atomic E-state index is 12.7. The zero-order chi connectivity index (χ0) is 24.8. The van der Waals surface area contributed by atoms with E-state index < -0.39 is 18.0 Å². The second-order valence-electron chi connectivity index (χ2n) is 9.75. The molecule has 0 spiro atoms.